The monoisotopic (exact) mass is 309 g/mol. The first-order valence-corrected chi connectivity index (χ1v) is 7.67. The van der Waals surface area contributed by atoms with Gasteiger partial charge in [-0.05, 0) is 31.0 Å². The van der Waals surface area contributed by atoms with E-state index in [9.17, 15) is 0 Å². The van der Waals surface area contributed by atoms with Gasteiger partial charge >= 0.3 is 0 Å². The first-order valence-electron chi connectivity index (χ1n) is 7.29. The van der Waals surface area contributed by atoms with Gasteiger partial charge in [0.05, 0.1) is 17.6 Å². The molecular formula is C15H20ClN3O2. The van der Waals surface area contributed by atoms with Gasteiger partial charge in [0.15, 0.2) is 17.5 Å². The third-order valence-electron chi connectivity index (χ3n) is 4.10. The zero-order valence-electron chi connectivity index (χ0n) is 12.3. The summed E-state index contributed by atoms with van der Waals surface area (Å²) >= 11 is 6.33. The van der Waals surface area contributed by atoms with Crippen LogP contribution in [0.2, 0.25) is 5.02 Å². The number of guanidine groups is 1. The molecule has 0 saturated heterocycles. The van der Waals surface area contributed by atoms with Crippen LogP contribution in [-0.2, 0) is 0 Å². The minimum atomic E-state index is 0.105. The van der Waals surface area contributed by atoms with Gasteiger partial charge < -0.3 is 20.1 Å². The van der Waals surface area contributed by atoms with Gasteiger partial charge in [0, 0.05) is 6.04 Å². The van der Waals surface area contributed by atoms with Gasteiger partial charge in [-0.3, -0.25) is 4.99 Å². The molecule has 2 aliphatic heterocycles. The van der Waals surface area contributed by atoms with E-state index < -0.39 is 0 Å². The smallest absolute Gasteiger partial charge is 0.192 e. The first kappa shape index (κ1) is 14.3. The highest BCUT2D eigenvalue weighted by molar-refractivity contribution is 6.32. The highest BCUT2D eigenvalue weighted by Crippen LogP contribution is 2.41. The summed E-state index contributed by atoms with van der Waals surface area (Å²) in [6.07, 6.45) is 1.00. The van der Waals surface area contributed by atoms with E-state index >= 15 is 0 Å². The molecule has 0 saturated carbocycles. The molecule has 2 aliphatic rings. The zero-order chi connectivity index (χ0) is 15.0. The van der Waals surface area contributed by atoms with E-state index in [-0.39, 0.29) is 6.04 Å². The molecule has 3 rings (SSSR count). The molecule has 1 aromatic carbocycles. The van der Waals surface area contributed by atoms with Crippen LogP contribution in [0.1, 0.15) is 31.9 Å². The quantitative estimate of drug-likeness (QED) is 0.932. The van der Waals surface area contributed by atoms with Gasteiger partial charge in [-0.25, -0.2) is 0 Å². The van der Waals surface area contributed by atoms with Crippen molar-refractivity contribution in [2.75, 3.05) is 19.8 Å². The van der Waals surface area contributed by atoms with Crippen molar-refractivity contribution in [3.05, 3.63) is 22.7 Å². The standard InChI is InChI=1S/C15H20ClN3O2/c1-3-9(2)19-12(8-18-15(19)17)10-6-11(16)14-13(7-10)20-4-5-21-14/h6-7,9,12H,3-5,8H2,1-2H3,(H2,17,18). The summed E-state index contributed by atoms with van der Waals surface area (Å²) in [5.74, 6) is 1.94. The predicted octanol–water partition coefficient (Wildman–Crippen LogP) is 2.58. The molecule has 0 fully saturated rings. The van der Waals surface area contributed by atoms with Crippen molar-refractivity contribution in [2.45, 2.75) is 32.4 Å². The van der Waals surface area contributed by atoms with Crippen molar-refractivity contribution in [2.24, 2.45) is 10.7 Å². The van der Waals surface area contributed by atoms with Crippen molar-refractivity contribution < 1.29 is 9.47 Å². The highest BCUT2D eigenvalue weighted by Gasteiger charge is 2.32. The number of nitrogens with two attached hydrogens (primary N) is 1. The lowest BCUT2D eigenvalue weighted by Gasteiger charge is -2.32. The summed E-state index contributed by atoms with van der Waals surface area (Å²) in [6, 6.07) is 4.36. The Morgan fingerprint density at radius 2 is 2.19 bits per heavy atom. The third kappa shape index (κ3) is 2.50. The van der Waals surface area contributed by atoms with Gasteiger partial charge in [-0.2, -0.15) is 0 Å². The summed E-state index contributed by atoms with van der Waals surface area (Å²) in [5.41, 5.74) is 7.11. The van der Waals surface area contributed by atoms with Crippen molar-refractivity contribution >= 4 is 17.6 Å². The molecular weight excluding hydrogens is 290 g/mol. The Labute approximate surface area is 129 Å². The molecule has 2 unspecified atom stereocenters. The van der Waals surface area contributed by atoms with Crippen LogP contribution in [0.3, 0.4) is 0 Å². The van der Waals surface area contributed by atoms with Crippen LogP contribution in [-0.4, -0.2) is 36.7 Å². The van der Waals surface area contributed by atoms with E-state index in [1.807, 2.05) is 12.1 Å². The Morgan fingerprint density at radius 1 is 1.43 bits per heavy atom. The Bertz CT molecular complexity index is 576. The number of benzene rings is 1. The number of ether oxygens (including phenoxy) is 2. The average Bonchev–Trinajstić information content (AvgIpc) is 2.88. The van der Waals surface area contributed by atoms with Crippen molar-refractivity contribution in [3.63, 3.8) is 0 Å². The van der Waals surface area contributed by atoms with Crippen LogP contribution in [0.5, 0.6) is 11.5 Å². The maximum absolute atomic E-state index is 6.33. The summed E-state index contributed by atoms with van der Waals surface area (Å²) in [5, 5.41) is 0.580. The number of hydrogen-bond acceptors (Lipinski definition) is 5. The maximum Gasteiger partial charge on any atom is 0.192 e. The Hall–Kier alpha value is -1.62. The minimum Gasteiger partial charge on any atom is -0.486 e. The summed E-state index contributed by atoms with van der Waals surface area (Å²) < 4.78 is 11.2. The van der Waals surface area contributed by atoms with Crippen LogP contribution in [0.25, 0.3) is 0 Å². The molecule has 2 heterocycles. The molecule has 0 aromatic heterocycles. The summed E-state index contributed by atoms with van der Waals surface area (Å²) in [4.78, 5) is 6.55. The summed E-state index contributed by atoms with van der Waals surface area (Å²) in [6.45, 7) is 6.02. The predicted molar refractivity (Wildman–Crippen MR) is 83.3 cm³/mol. The Balaban J connectivity index is 1.95. The lowest BCUT2D eigenvalue weighted by atomic mass is 10.0. The topological polar surface area (TPSA) is 60.1 Å². The lowest BCUT2D eigenvalue weighted by molar-refractivity contribution is 0.171. The summed E-state index contributed by atoms with van der Waals surface area (Å²) in [7, 11) is 0. The molecule has 0 bridgehead atoms. The molecule has 5 nitrogen and oxygen atoms in total. The average molecular weight is 310 g/mol. The molecule has 0 aliphatic carbocycles. The molecule has 114 valence electrons. The van der Waals surface area contributed by atoms with Gasteiger partial charge in [-0.1, -0.05) is 18.5 Å². The second-order valence-electron chi connectivity index (χ2n) is 5.41. The van der Waals surface area contributed by atoms with E-state index in [2.05, 4.69) is 23.7 Å². The second-order valence-corrected chi connectivity index (χ2v) is 5.81. The number of nitrogens with zero attached hydrogens (tertiary/aromatic N) is 2. The fraction of sp³-hybridized carbons (Fsp3) is 0.533. The number of hydrogen-bond donors (Lipinski definition) is 1. The van der Waals surface area contributed by atoms with E-state index in [0.29, 0.717) is 48.3 Å². The SMILES string of the molecule is CCC(C)N1C(N)=NCC1c1cc(Cl)c2c(c1)OCCO2. The number of fused-ring (bicyclic) bond motifs is 1. The fourth-order valence-electron chi connectivity index (χ4n) is 2.83. The van der Waals surface area contributed by atoms with E-state index in [4.69, 9.17) is 26.8 Å². The molecule has 1 aromatic rings. The number of aliphatic imine (C=N–C) groups is 1. The van der Waals surface area contributed by atoms with Crippen LogP contribution in [0, 0.1) is 0 Å². The maximum atomic E-state index is 6.33. The third-order valence-corrected chi connectivity index (χ3v) is 4.38. The largest absolute Gasteiger partial charge is 0.486 e. The van der Waals surface area contributed by atoms with E-state index in [0.717, 1.165) is 12.0 Å². The molecule has 21 heavy (non-hydrogen) atoms. The van der Waals surface area contributed by atoms with Crippen LogP contribution >= 0.6 is 11.6 Å². The van der Waals surface area contributed by atoms with Crippen molar-refractivity contribution in [3.8, 4) is 11.5 Å². The first-order chi connectivity index (χ1) is 10.1. The van der Waals surface area contributed by atoms with Crippen LogP contribution in [0.4, 0.5) is 0 Å². The highest BCUT2D eigenvalue weighted by atomic mass is 35.5. The van der Waals surface area contributed by atoms with Crippen molar-refractivity contribution in [1.82, 2.24) is 4.90 Å². The van der Waals surface area contributed by atoms with Gasteiger partial charge in [0.2, 0.25) is 0 Å². The normalized spacial score (nSPS) is 22.1. The second kappa shape index (κ2) is 5.64. The van der Waals surface area contributed by atoms with Crippen LogP contribution in [0.15, 0.2) is 17.1 Å². The molecule has 2 atom stereocenters. The van der Waals surface area contributed by atoms with Crippen LogP contribution < -0.4 is 15.2 Å². The van der Waals surface area contributed by atoms with Gasteiger partial charge in [0.25, 0.3) is 0 Å². The minimum absolute atomic E-state index is 0.105. The molecule has 0 radical (unpaired) electrons. The van der Waals surface area contributed by atoms with Gasteiger partial charge in [-0.15, -0.1) is 0 Å². The fourth-order valence-corrected chi connectivity index (χ4v) is 3.10. The molecule has 2 N–H and O–H groups in total. The van der Waals surface area contributed by atoms with E-state index in [1.165, 1.54) is 0 Å². The lowest BCUT2D eigenvalue weighted by Crippen LogP contribution is -2.42. The van der Waals surface area contributed by atoms with Crippen molar-refractivity contribution in [1.29, 1.82) is 0 Å². The molecule has 0 amide bonds. The zero-order valence-corrected chi connectivity index (χ0v) is 13.1. The Morgan fingerprint density at radius 3 is 2.95 bits per heavy atom. The Kier molecular flexibility index (Phi) is 3.85. The molecule has 0 spiro atoms. The molecule has 6 heteroatoms. The van der Waals surface area contributed by atoms with E-state index in [1.54, 1.807) is 0 Å². The number of rotatable bonds is 3. The van der Waals surface area contributed by atoms with Gasteiger partial charge in [0.1, 0.15) is 13.2 Å². The number of halogens is 1.